The molecule has 0 heterocycles. The molecule has 0 fully saturated rings. The predicted octanol–water partition coefficient (Wildman–Crippen LogP) is 3.05. The number of benzene rings is 1. The monoisotopic (exact) mass is 244 g/mol. The van der Waals surface area contributed by atoms with Crippen molar-refractivity contribution >= 4 is 22.2 Å². The van der Waals surface area contributed by atoms with Gasteiger partial charge in [-0.2, -0.15) is 0 Å². The molecule has 1 nitrogen and oxygen atoms in total. The smallest absolute Gasteiger partial charge is 0.120 e. The summed E-state index contributed by atoms with van der Waals surface area (Å²) in [4.78, 5) is 10.2. The van der Waals surface area contributed by atoms with Gasteiger partial charge in [0, 0.05) is 10.9 Å². The van der Waals surface area contributed by atoms with Gasteiger partial charge in [0.15, 0.2) is 0 Å². The fraction of sp³-hybridized carbons (Fsp3) is 0.300. The predicted molar refractivity (Wildman–Crippen MR) is 53.3 cm³/mol. The molecule has 0 bridgehead atoms. The molecule has 0 aliphatic rings. The third kappa shape index (κ3) is 2.92. The summed E-state index contributed by atoms with van der Waals surface area (Å²) in [5.74, 6) is 0. The van der Waals surface area contributed by atoms with Crippen LogP contribution in [0.4, 0.5) is 4.39 Å². The molecule has 0 N–H and O–H groups in total. The Hall–Kier alpha value is -0.700. The highest BCUT2D eigenvalue weighted by Gasteiger charge is 2.01. The molecule has 0 amide bonds. The van der Waals surface area contributed by atoms with Crippen LogP contribution in [0.1, 0.15) is 17.5 Å². The Morgan fingerprint density at radius 3 is 2.85 bits per heavy atom. The fourth-order valence-electron chi connectivity index (χ4n) is 1.12. The van der Waals surface area contributed by atoms with Crippen molar-refractivity contribution in [3.05, 3.63) is 33.8 Å². The van der Waals surface area contributed by atoms with Crippen LogP contribution in [-0.4, -0.2) is 6.29 Å². The van der Waals surface area contributed by atoms with Gasteiger partial charge in [-0.15, -0.1) is 0 Å². The van der Waals surface area contributed by atoms with E-state index in [1.54, 1.807) is 12.1 Å². The zero-order valence-electron chi connectivity index (χ0n) is 7.09. The average molecular weight is 245 g/mol. The third-order valence-corrected chi connectivity index (χ3v) is 2.57. The lowest BCUT2D eigenvalue weighted by molar-refractivity contribution is -0.107. The molecule has 13 heavy (non-hydrogen) atoms. The van der Waals surface area contributed by atoms with E-state index in [2.05, 4.69) is 15.9 Å². The number of hydrogen-bond acceptors (Lipinski definition) is 1. The highest BCUT2D eigenvalue weighted by Crippen LogP contribution is 2.20. The van der Waals surface area contributed by atoms with Gasteiger partial charge >= 0.3 is 0 Å². The number of aryl methyl sites for hydroxylation is 1. The van der Waals surface area contributed by atoms with E-state index < -0.39 is 6.67 Å². The Morgan fingerprint density at radius 1 is 1.46 bits per heavy atom. The molecular formula is C10H10BrFO. The minimum absolute atomic E-state index is 0.457. The topological polar surface area (TPSA) is 17.1 Å². The van der Waals surface area contributed by atoms with Crippen LogP contribution in [0.2, 0.25) is 0 Å². The molecule has 0 spiro atoms. The molecule has 0 radical (unpaired) electrons. The molecule has 1 aromatic carbocycles. The number of carbonyl (C=O) groups is 1. The van der Waals surface area contributed by atoms with Crippen molar-refractivity contribution in [3.8, 4) is 0 Å². The van der Waals surface area contributed by atoms with E-state index in [0.717, 1.165) is 16.3 Å². The normalized spacial score (nSPS) is 10.0. The maximum Gasteiger partial charge on any atom is 0.120 e. The summed E-state index contributed by atoms with van der Waals surface area (Å²) in [6.45, 7) is -0.457. The van der Waals surface area contributed by atoms with Crippen LogP contribution in [0.3, 0.4) is 0 Å². The van der Waals surface area contributed by atoms with Crippen LogP contribution >= 0.6 is 15.9 Å². The van der Waals surface area contributed by atoms with Crippen LogP contribution in [0, 0.1) is 0 Å². The first-order valence-electron chi connectivity index (χ1n) is 4.05. The molecule has 0 saturated carbocycles. The lowest BCUT2D eigenvalue weighted by atomic mass is 10.1. The third-order valence-electron chi connectivity index (χ3n) is 1.80. The standard InChI is InChI=1S/C10H10BrFO/c11-10-4-3-8(7-12)6-9(10)2-1-5-13/h3-6H,1-2,7H2. The van der Waals surface area contributed by atoms with Crippen molar-refractivity contribution in [3.63, 3.8) is 0 Å². The van der Waals surface area contributed by atoms with E-state index in [9.17, 15) is 9.18 Å². The van der Waals surface area contributed by atoms with Gasteiger partial charge in [-0.25, -0.2) is 4.39 Å². The van der Waals surface area contributed by atoms with Crippen molar-refractivity contribution in [1.82, 2.24) is 0 Å². The summed E-state index contributed by atoms with van der Waals surface area (Å²) in [6.07, 6.45) is 2.01. The van der Waals surface area contributed by atoms with E-state index in [1.807, 2.05) is 6.07 Å². The molecule has 0 aliphatic carbocycles. The second-order valence-electron chi connectivity index (χ2n) is 2.76. The summed E-state index contributed by atoms with van der Waals surface area (Å²) >= 11 is 3.35. The van der Waals surface area contributed by atoms with Gasteiger partial charge in [0.1, 0.15) is 13.0 Å². The van der Waals surface area contributed by atoms with Crippen molar-refractivity contribution in [1.29, 1.82) is 0 Å². The molecule has 0 atom stereocenters. The highest BCUT2D eigenvalue weighted by molar-refractivity contribution is 9.10. The number of alkyl halides is 1. The van der Waals surface area contributed by atoms with Gasteiger partial charge in [0.2, 0.25) is 0 Å². The molecule has 1 rings (SSSR count). The average Bonchev–Trinajstić information content (AvgIpc) is 2.17. The second kappa shape index (κ2) is 5.12. The van der Waals surface area contributed by atoms with Crippen LogP contribution in [0.15, 0.2) is 22.7 Å². The number of aldehydes is 1. The number of hydrogen-bond donors (Lipinski definition) is 0. The van der Waals surface area contributed by atoms with E-state index in [4.69, 9.17) is 0 Å². The quantitative estimate of drug-likeness (QED) is 0.745. The SMILES string of the molecule is O=CCCc1cc(CF)ccc1Br. The van der Waals surface area contributed by atoms with E-state index in [-0.39, 0.29) is 0 Å². The Morgan fingerprint density at radius 2 is 2.23 bits per heavy atom. The molecule has 70 valence electrons. The molecule has 1 aromatic rings. The van der Waals surface area contributed by atoms with Crippen LogP contribution in [0.5, 0.6) is 0 Å². The Labute approximate surface area is 85.1 Å². The van der Waals surface area contributed by atoms with Gasteiger partial charge < -0.3 is 4.79 Å². The Balaban J connectivity index is 2.83. The van der Waals surface area contributed by atoms with Gasteiger partial charge in [-0.1, -0.05) is 28.1 Å². The molecular weight excluding hydrogens is 235 g/mol. The first-order chi connectivity index (χ1) is 6.27. The van der Waals surface area contributed by atoms with Crippen molar-refractivity contribution in [2.24, 2.45) is 0 Å². The maximum atomic E-state index is 12.3. The van der Waals surface area contributed by atoms with E-state index in [0.29, 0.717) is 18.4 Å². The van der Waals surface area contributed by atoms with E-state index >= 15 is 0 Å². The minimum atomic E-state index is -0.457. The highest BCUT2D eigenvalue weighted by atomic mass is 79.9. The van der Waals surface area contributed by atoms with E-state index in [1.165, 1.54) is 0 Å². The van der Waals surface area contributed by atoms with Gasteiger partial charge in [0.05, 0.1) is 0 Å². The Bertz CT molecular complexity index is 299. The molecule has 0 aromatic heterocycles. The van der Waals surface area contributed by atoms with Gasteiger partial charge in [0.25, 0.3) is 0 Å². The lowest BCUT2D eigenvalue weighted by Gasteiger charge is -2.03. The zero-order chi connectivity index (χ0) is 9.68. The van der Waals surface area contributed by atoms with Crippen molar-refractivity contribution in [2.45, 2.75) is 19.5 Å². The lowest BCUT2D eigenvalue weighted by Crippen LogP contribution is -1.90. The minimum Gasteiger partial charge on any atom is -0.303 e. The van der Waals surface area contributed by atoms with Crippen molar-refractivity contribution in [2.75, 3.05) is 0 Å². The fourth-order valence-corrected chi connectivity index (χ4v) is 1.56. The van der Waals surface area contributed by atoms with Crippen LogP contribution in [-0.2, 0) is 17.9 Å². The van der Waals surface area contributed by atoms with Crippen LogP contribution in [0.25, 0.3) is 0 Å². The largest absolute Gasteiger partial charge is 0.303 e. The molecule has 0 unspecified atom stereocenters. The summed E-state index contributed by atoms with van der Waals surface area (Å²) in [5, 5.41) is 0. The summed E-state index contributed by atoms with van der Waals surface area (Å²) in [7, 11) is 0. The molecule has 0 aliphatic heterocycles. The Kier molecular flexibility index (Phi) is 4.09. The number of halogens is 2. The first-order valence-corrected chi connectivity index (χ1v) is 4.84. The molecule has 3 heteroatoms. The zero-order valence-corrected chi connectivity index (χ0v) is 8.68. The van der Waals surface area contributed by atoms with Crippen LogP contribution < -0.4 is 0 Å². The maximum absolute atomic E-state index is 12.3. The molecule has 0 saturated heterocycles. The number of carbonyl (C=O) groups excluding carboxylic acids is 1. The van der Waals surface area contributed by atoms with Gasteiger partial charge in [-0.05, 0) is 23.6 Å². The first kappa shape index (κ1) is 10.4. The second-order valence-corrected chi connectivity index (χ2v) is 3.62. The van der Waals surface area contributed by atoms with Gasteiger partial charge in [-0.3, -0.25) is 0 Å². The van der Waals surface area contributed by atoms with Crippen molar-refractivity contribution < 1.29 is 9.18 Å². The summed E-state index contributed by atoms with van der Waals surface area (Å²) in [5.41, 5.74) is 1.64. The summed E-state index contributed by atoms with van der Waals surface area (Å²) < 4.78 is 13.2. The number of rotatable bonds is 4. The summed E-state index contributed by atoms with van der Waals surface area (Å²) in [6, 6.07) is 5.33.